The van der Waals surface area contributed by atoms with Crippen molar-refractivity contribution in [3.05, 3.63) is 77.3 Å². The molecule has 0 fully saturated rings. The molecule has 2 aliphatic rings. The lowest BCUT2D eigenvalue weighted by Crippen LogP contribution is -2.50. The van der Waals surface area contributed by atoms with E-state index in [1.807, 2.05) is 53.5 Å². The van der Waals surface area contributed by atoms with Gasteiger partial charge in [0.1, 0.15) is 6.17 Å². The largest absolute Gasteiger partial charge is 0.360 e. The molecule has 5 nitrogen and oxygen atoms in total. The molecule has 2 atom stereocenters. The molecule has 2 aliphatic heterocycles. The first kappa shape index (κ1) is 17.0. The lowest BCUT2D eigenvalue weighted by molar-refractivity contribution is -0.127. The summed E-state index contributed by atoms with van der Waals surface area (Å²) in [7, 11) is 0. The maximum absolute atomic E-state index is 12.9. The van der Waals surface area contributed by atoms with Crippen molar-refractivity contribution in [1.82, 2.24) is 10.3 Å². The van der Waals surface area contributed by atoms with E-state index in [0.717, 1.165) is 16.8 Å². The van der Waals surface area contributed by atoms with Crippen LogP contribution in [0.15, 0.2) is 66.3 Å². The summed E-state index contributed by atoms with van der Waals surface area (Å²) in [5.74, 6) is 0.590. The minimum Gasteiger partial charge on any atom is -0.360 e. The second-order valence-corrected chi connectivity index (χ2v) is 7.41. The molecule has 0 aliphatic carbocycles. The smallest absolute Gasteiger partial charge is 0.255 e. The summed E-state index contributed by atoms with van der Waals surface area (Å²) in [6, 6.07) is 14.9. The van der Waals surface area contributed by atoms with Crippen LogP contribution in [0.1, 0.15) is 23.3 Å². The number of nitrogens with zero attached hydrogens (tertiary/aromatic N) is 2. The standard InChI is InChI=1S/C19H17ClN4OS/c1-2-11-26-19-22-18(25)16-14-5-3-4-6-15(14)21-17(24(16)23-19)12-7-9-13(20)10-8-12/h2-10,16-17,21H,1,11H2,(H,22,23,25)/t16-,17-/m0/s1. The van der Waals surface area contributed by atoms with E-state index < -0.39 is 6.04 Å². The van der Waals surface area contributed by atoms with Gasteiger partial charge >= 0.3 is 0 Å². The molecule has 0 spiro atoms. The molecule has 2 aromatic rings. The second-order valence-electron chi connectivity index (χ2n) is 5.96. The first-order valence-electron chi connectivity index (χ1n) is 8.20. The quantitative estimate of drug-likeness (QED) is 0.781. The normalized spacial score (nSPS) is 21.0. The van der Waals surface area contributed by atoms with E-state index in [1.165, 1.54) is 11.8 Å². The number of hydrogen-bond acceptors (Lipinski definition) is 5. The van der Waals surface area contributed by atoms with Gasteiger partial charge in [0.25, 0.3) is 5.91 Å². The van der Waals surface area contributed by atoms with Crippen LogP contribution in [0.4, 0.5) is 5.69 Å². The van der Waals surface area contributed by atoms with Crippen molar-refractivity contribution in [2.24, 2.45) is 5.10 Å². The number of hydrazone groups is 1. The lowest BCUT2D eigenvalue weighted by atomic mass is 9.97. The molecule has 0 saturated carbocycles. The number of thioether (sulfide) groups is 1. The van der Waals surface area contributed by atoms with Crippen LogP contribution in [-0.2, 0) is 4.79 Å². The highest BCUT2D eigenvalue weighted by molar-refractivity contribution is 8.14. The number of amidine groups is 1. The minimum absolute atomic E-state index is 0.0838. The van der Waals surface area contributed by atoms with E-state index >= 15 is 0 Å². The Bertz CT molecular complexity index is 883. The molecule has 2 heterocycles. The summed E-state index contributed by atoms with van der Waals surface area (Å²) in [5, 5.41) is 14.2. The molecule has 0 unspecified atom stereocenters. The molecule has 2 aromatic carbocycles. The van der Waals surface area contributed by atoms with Gasteiger partial charge in [-0.1, -0.05) is 59.8 Å². The number of rotatable bonds is 3. The highest BCUT2D eigenvalue weighted by Crippen LogP contribution is 2.42. The van der Waals surface area contributed by atoms with E-state index in [1.54, 1.807) is 6.08 Å². The first-order valence-corrected chi connectivity index (χ1v) is 9.56. The number of anilines is 1. The van der Waals surface area contributed by atoms with Crippen molar-refractivity contribution in [2.75, 3.05) is 11.1 Å². The van der Waals surface area contributed by atoms with E-state index in [2.05, 4.69) is 17.2 Å². The van der Waals surface area contributed by atoms with Gasteiger partial charge in [0.05, 0.1) is 0 Å². The number of halogens is 1. The Labute approximate surface area is 161 Å². The summed E-state index contributed by atoms with van der Waals surface area (Å²) in [5.41, 5.74) is 2.83. The molecule has 0 aromatic heterocycles. The van der Waals surface area contributed by atoms with E-state index in [4.69, 9.17) is 16.7 Å². The molecule has 1 amide bonds. The monoisotopic (exact) mass is 384 g/mol. The van der Waals surface area contributed by atoms with E-state index in [9.17, 15) is 4.79 Å². The zero-order valence-electron chi connectivity index (χ0n) is 13.9. The Balaban J connectivity index is 1.79. The molecule has 0 radical (unpaired) electrons. The summed E-state index contributed by atoms with van der Waals surface area (Å²) in [6.07, 6.45) is 1.52. The molecule has 2 N–H and O–H groups in total. The van der Waals surface area contributed by atoms with Crippen molar-refractivity contribution >= 4 is 40.1 Å². The van der Waals surface area contributed by atoms with Crippen LogP contribution in [0.2, 0.25) is 5.02 Å². The number of carbonyl (C=O) groups excluding carboxylic acids is 1. The van der Waals surface area contributed by atoms with Crippen LogP contribution < -0.4 is 10.6 Å². The molecule has 0 bridgehead atoms. The maximum atomic E-state index is 12.9. The predicted molar refractivity (Wildman–Crippen MR) is 107 cm³/mol. The Morgan fingerprint density at radius 2 is 2.00 bits per heavy atom. The van der Waals surface area contributed by atoms with Gasteiger partial charge in [-0.25, -0.2) is 0 Å². The number of para-hydroxylation sites is 1. The Kier molecular flexibility index (Phi) is 4.61. The van der Waals surface area contributed by atoms with Gasteiger partial charge in [-0.15, -0.1) is 11.7 Å². The third kappa shape index (κ3) is 3.06. The van der Waals surface area contributed by atoms with Crippen LogP contribution in [-0.4, -0.2) is 21.8 Å². The van der Waals surface area contributed by atoms with Gasteiger partial charge in [0.2, 0.25) is 0 Å². The molecular weight excluding hydrogens is 368 g/mol. The Hall–Kier alpha value is -2.44. The van der Waals surface area contributed by atoms with Gasteiger partial charge in [-0.05, 0) is 23.8 Å². The number of fused-ring (bicyclic) bond motifs is 3. The van der Waals surface area contributed by atoms with Crippen molar-refractivity contribution in [2.45, 2.75) is 12.2 Å². The van der Waals surface area contributed by atoms with Gasteiger partial charge in [0, 0.05) is 22.0 Å². The third-order valence-corrected chi connectivity index (χ3v) is 5.40. The SMILES string of the molecule is C=CCSC1=NN2[C@@H](c3ccc(Cl)cc3)Nc3ccccc3[C@H]2C(=O)N1. The topological polar surface area (TPSA) is 56.7 Å². The fraction of sp³-hybridized carbons (Fsp3) is 0.158. The zero-order chi connectivity index (χ0) is 18.1. The summed E-state index contributed by atoms with van der Waals surface area (Å²) in [4.78, 5) is 12.9. The molecule has 26 heavy (non-hydrogen) atoms. The predicted octanol–water partition coefficient (Wildman–Crippen LogP) is 4.13. The molecule has 4 rings (SSSR count). The van der Waals surface area contributed by atoms with Crippen LogP contribution >= 0.6 is 23.4 Å². The number of carbonyl (C=O) groups is 1. The lowest BCUT2D eigenvalue weighted by Gasteiger charge is -2.43. The van der Waals surface area contributed by atoms with Gasteiger partial charge in [0.15, 0.2) is 11.2 Å². The van der Waals surface area contributed by atoms with E-state index in [0.29, 0.717) is 15.9 Å². The second kappa shape index (κ2) is 7.05. The van der Waals surface area contributed by atoms with Crippen LogP contribution in [0.5, 0.6) is 0 Å². The van der Waals surface area contributed by atoms with Crippen molar-refractivity contribution in [3.8, 4) is 0 Å². The first-order chi connectivity index (χ1) is 12.7. The summed E-state index contributed by atoms with van der Waals surface area (Å²) in [6.45, 7) is 3.72. The van der Waals surface area contributed by atoms with Crippen molar-refractivity contribution in [3.63, 3.8) is 0 Å². The fourth-order valence-electron chi connectivity index (χ4n) is 3.14. The van der Waals surface area contributed by atoms with Crippen LogP contribution in [0, 0.1) is 0 Å². The van der Waals surface area contributed by atoms with Gasteiger partial charge < -0.3 is 10.6 Å². The summed E-state index contributed by atoms with van der Waals surface area (Å²) >= 11 is 7.48. The van der Waals surface area contributed by atoms with Crippen LogP contribution in [0.25, 0.3) is 0 Å². The molecule has 7 heteroatoms. The number of hydrogen-bond donors (Lipinski definition) is 2. The Morgan fingerprint density at radius 1 is 1.23 bits per heavy atom. The van der Waals surface area contributed by atoms with Crippen molar-refractivity contribution < 1.29 is 4.79 Å². The number of nitrogens with one attached hydrogen (secondary N) is 2. The number of amides is 1. The van der Waals surface area contributed by atoms with Crippen molar-refractivity contribution in [1.29, 1.82) is 0 Å². The highest BCUT2D eigenvalue weighted by Gasteiger charge is 2.41. The highest BCUT2D eigenvalue weighted by atomic mass is 35.5. The minimum atomic E-state index is -0.485. The average Bonchev–Trinajstić information content (AvgIpc) is 2.66. The summed E-state index contributed by atoms with van der Waals surface area (Å²) < 4.78 is 0. The third-order valence-electron chi connectivity index (χ3n) is 4.29. The molecular formula is C19H17ClN4OS. The zero-order valence-corrected chi connectivity index (χ0v) is 15.4. The number of benzene rings is 2. The Morgan fingerprint density at radius 3 is 2.77 bits per heavy atom. The average molecular weight is 385 g/mol. The van der Waals surface area contributed by atoms with Gasteiger partial charge in [-0.2, -0.15) is 0 Å². The molecule has 132 valence electrons. The maximum Gasteiger partial charge on any atom is 0.255 e. The van der Waals surface area contributed by atoms with E-state index in [-0.39, 0.29) is 12.1 Å². The van der Waals surface area contributed by atoms with Gasteiger partial charge in [-0.3, -0.25) is 9.80 Å². The molecule has 0 saturated heterocycles. The van der Waals surface area contributed by atoms with Crippen LogP contribution in [0.3, 0.4) is 0 Å². The fourth-order valence-corrected chi connectivity index (χ4v) is 3.86.